The summed E-state index contributed by atoms with van der Waals surface area (Å²) in [6, 6.07) is 5.38. The lowest BCUT2D eigenvalue weighted by molar-refractivity contribution is -0.274. The Hall–Kier alpha value is -1.80. The first kappa shape index (κ1) is 18.5. The van der Waals surface area contributed by atoms with E-state index in [2.05, 4.69) is 10.1 Å². The van der Waals surface area contributed by atoms with E-state index in [1.54, 1.807) is 0 Å². The normalized spacial score (nSPS) is 19.1. The highest BCUT2D eigenvalue weighted by Gasteiger charge is 2.31. The Morgan fingerprint density at radius 1 is 1.29 bits per heavy atom. The molecule has 0 radical (unpaired) electrons. The van der Waals surface area contributed by atoms with Crippen LogP contribution in [0.4, 0.5) is 13.2 Å². The molecule has 1 heterocycles. The molecule has 1 fully saturated rings. The Bertz CT molecular complexity index is 534. The summed E-state index contributed by atoms with van der Waals surface area (Å²) in [6.45, 7) is 1.25. The molecule has 1 aliphatic heterocycles. The van der Waals surface area contributed by atoms with E-state index in [1.807, 2.05) is 4.90 Å². The highest BCUT2D eigenvalue weighted by molar-refractivity contribution is 5.78. The van der Waals surface area contributed by atoms with Crippen molar-refractivity contribution in [1.29, 1.82) is 0 Å². The SMILES string of the molecule is O=C(CN1CCCC[C@@H]1CO)NCc1ccc(OC(F)(F)F)cc1. The van der Waals surface area contributed by atoms with Gasteiger partial charge >= 0.3 is 6.36 Å². The number of benzene rings is 1. The predicted molar refractivity (Wildman–Crippen MR) is 81.3 cm³/mol. The Labute approximate surface area is 138 Å². The highest BCUT2D eigenvalue weighted by atomic mass is 19.4. The van der Waals surface area contributed by atoms with Gasteiger partial charge in [0.05, 0.1) is 13.2 Å². The number of carbonyl (C=O) groups is 1. The summed E-state index contributed by atoms with van der Waals surface area (Å²) in [7, 11) is 0. The number of hydrogen-bond donors (Lipinski definition) is 2. The van der Waals surface area contributed by atoms with Crippen molar-refractivity contribution < 1.29 is 27.8 Å². The van der Waals surface area contributed by atoms with Crippen molar-refractivity contribution in [3.05, 3.63) is 29.8 Å². The van der Waals surface area contributed by atoms with Crippen LogP contribution in [0.2, 0.25) is 0 Å². The highest BCUT2D eigenvalue weighted by Crippen LogP contribution is 2.22. The van der Waals surface area contributed by atoms with Gasteiger partial charge in [-0.25, -0.2) is 0 Å². The summed E-state index contributed by atoms with van der Waals surface area (Å²) >= 11 is 0. The minimum Gasteiger partial charge on any atom is -0.406 e. The van der Waals surface area contributed by atoms with Crippen LogP contribution in [-0.2, 0) is 11.3 Å². The van der Waals surface area contributed by atoms with E-state index in [1.165, 1.54) is 24.3 Å². The number of hydrogen-bond acceptors (Lipinski definition) is 4. The zero-order valence-electron chi connectivity index (χ0n) is 13.2. The predicted octanol–water partition coefficient (Wildman–Crippen LogP) is 2.05. The van der Waals surface area contributed by atoms with E-state index < -0.39 is 6.36 Å². The van der Waals surface area contributed by atoms with E-state index >= 15 is 0 Å². The molecule has 24 heavy (non-hydrogen) atoms. The van der Waals surface area contributed by atoms with Gasteiger partial charge in [-0.2, -0.15) is 0 Å². The van der Waals surface area contributed by atoms with Gasteiger partial charge in [-0.3, -0.25) is 9.69 Å². The van der Waals surface area contributed by atoms with Crippen LogP contribution in [0.1, 0.15) is 24.8 Å². The van der Waals surface area contributed by atoms with Crippen molar-refractivity contribution >= 4 is 5.91 Å². The average Bonchev–Trinajstić information content (AvgIpc) is 2.53. The monoisotopic (exact) mass is 346 g/mol. The van der Waals surface area contributed by atoms with Crippen LogP contribution in [-0.4, -0.2) is 48.0 Å². The molecular formula is C16H21F3N2O3. The van der Waals surface area contributed by atoms with Crippen molar-refractivity contribution in [1.82, 2.24) is 10.2 Å². The van der Waals surface area contributed by atoms with Gasteiger partial charge in [0.15, 0.2) is 0 Å². The number of piperidine rings is 1. The molecule has 1 aromatic carbocycles. The van der Waals surface area contributed by atoms with Gasteiger partial charge in [0.2, 0.25) is 5.91 Å². The fraction of sp³-hybridized carbons (Fsp3) is 0.562. The topological polar surface area (TPSA) is 61.8 Å². The molecule has 8 heteroatoms. The molecule has 0 bridgehead atoms. The van der Waals surface area contributed by atoms with E-state index in [0.717, 1.165) is 25.8 Å². The maximum atomic E-state index is 12.1. The number of carbonyl (C=O) groups excluding carboxylic acids is 1. The molecule has 1 amide bonds. The minimum atomic E-state index is -4.71. The van der Waals surface area contributed by atoms with Crippen molar-refractivity contribution in [3.63, 3.8) is 0 Å². The van der Waals surface area contributed by atoms with Gasteiger partial charge in [0, 0.05) is 12.6 Å². The van der Waals surface area contributed by atoms with Gasteiger partial charge in [0.25, 0.3) is 0 Å². The Kier molecular flexibility index (Phi) is 6.44. The number of likely N-dealkylation sites (tertiary alicyclic amines) is 1. The third-order valence-electron chi connectivity index (χ3n) is 3.95. The molecule has 2 N–H and O–H groups in total. The molecule has 0 aliphatic carbocycles. The first-order valence-electron chi connectivity index (χ1n) is 7.83. The molecule has 0 unspecified atom stereocenters. The number of nitrogens with zero attached hydrogens (tertiary/aromatic N) is 1. The fourth-order valence-electron chi connectivity index (χ4n) is 2.72. The van der Waals surface area contributed by atoms with Gasteiger partial charge in [-0.1, -0.05) is 18.6 Å². The lowest BCUT2D eigenvalue weighted by atomic mass is 10.0. The number of rotatable bonds is 6. The van der Waals surface area contributed by atoms with E-state index in [-0.39, 0.29) is 37.4 Å². The first-order chi connectivity index (χ1) is 11.4. The lowest BCUT2D eigenvalue weighted by Gasteiger charge is -2.33. The first-order valence-corrected chi connectivity index (χ1v) is 7.83. The van der Waals surface area contributed by atoms with Crippen LogP contribution in [0.15, 0.2) is 24.3 Å². The summed E-state index contributed by atoms with van der Waals surface area (Å²) in [6.07, 6.45) is -1.78. The maximum Gasteiger partial charge on any atom is 0.573 e. The van der Waals surface area contributed by atoms with Gasteiger partial charge in [-0.05, 0) is 37.1 Å². The van der Waals surface area contributed by atoms with E-state index in [4.69, 9.17) is 0 Å². The largest absolute Gasteiger partial charge is 0.573 e. The van der Waals surface area contributed by atoms with Crippen LogP contribution >= 0.6 is 0 Å². The summed E-state index contributed by atoms with van der Waals surface area (Å²) < 4.78 is 40.0. The second kappa shape index (κ2) is 8.34. The molecule has 1 atom stereocenters. The summed E-state index contributed by atoms with van der Waals surface area (Å²) in [5.41, 5.74) is 0.676. The van der Waals surface area contributed by atoms with Crippen molar-refractivity contribution in [3.8, 4) is 5.75 Å². The molecule has 1 aliphatic rings. The fourth-order valence-corrected chi connectivity index (χ4v) is 2.72. The molecule has 5 nitrogen and oxygen atoms in total. The van der Waals surface area contributed by atoms with Crippen LogP contribution in [0.5, 0.6) is 5.75 Å². The molecule has 0 saturated carbocycles. The molecule has 0 spiro atoms. The number of amides is 1. The number of aliphatic hydroxyl groups is 1. The zero-order valence-corrected chi connectivity index (χ0v) is 13.2. The van der Waals surface area contributed by atoms with Gasteiger partial charge < -0.3 is 15.2 Å². The van der Waals surface area contributed by atoms with E-state index in [9.17, 15) is 23.1 Å². The molecule has 1 saturated heterocycles. The van der Waals surface area contributed by atoms with Crippen molar-refractivity contribution in [2.45, 2.75) is 38.2 Å². The van der Waals surface area contributed by atoms with Crippen LogP contribution < -0.4 is 10.1 Å². The Balaban J connectivity index is 1.79. The van der Waals surface area contributed by atoms with Crippen LogP contribution in [0.3, 0.4) is 0 Å². The number of halogens is 3. The smallest absolute Gasteiger partial charge is 0.406 e. The Morgan fingerprint density at radius 2 is 2.00 bits per heavy atom. The van der Waals surface area contributed by atoms with Crippen molar-refractivity contribution in [2.75, 3.05) is 19.7 Å². The summed E-state index contributed by atoms with van der Waals surface area (Å²) in [5, 5.41) is 12.1. The quantitative estimate of drug-likeness (QED) is 0.828. The third kappa shape index (κ3) is 6.01. The van der Waals surface area contributed by atoms with Gasteiger partial charge in [0.1, 0.15) is 5.75 Å². The number of alkyl halides is 3. The molecule has 1 aromatic rings. The molecule has 0 aromatic heterocycles. The van der Waals surface area contributed by atoms with Crippen LogP contribution in [0.25, 0.3) is 0 Å². The standard InChI is InChI=1S/C16H21F3N2O3/c17-16(18,19)24-14-6-4-12(5-7-14)9-20-15(23)10-21-8-2-1-3-13(21)11-22/h4-7,13,22H,1-3,8-11H2,(H,20,23)/t13-/m1/s1. The summed E-state index contributed by atoms with van der Waals surface area (Å²) in [4.78, 5) is 14.0. The number of aliphatic hydroxyl groups excluding tert-OH is 1. The van der Waals surface area contributed by atoms with Gasteiger partial charge in [-0.15, -0.1) is 13.2 Å². The zero-order chi connectivity index (χ0) is 17.6. The maximum absolute atomic E-state index is 12.1. The average molecular weight is 346 g/mol. The lowest BCUT2D eigenvalue weighted by Crippen LogP contribution is -2.46. The number of ether oxygens (including phenoxy) is 1. The minimum absolute atomic E-state index is 0.0169. The second-order valence-corrected chi connectivity index (χ2v) is 5.77. The van der Waals surface area contributed by atoms with Crippen LogP contribution in [0, 0.1) is 0 Å². The summed E-state index contributed by atoms with van der Waals surface area (Å²) in [5.74, 6) is -0.470. The molecule has 2 rings (SSSR count). The molecule has 134 valence electrons. The molecular weight excluding hydrogens is 325 g/mol. The second-order valence-electron chi connectivity index (χ2n) is 5.77. The number of nitrogens with one attached hydrogen (secondary N) is 1. The third-order valence-corrected chi connectivity index (χ3v) is 3.95. The van der Waals surface area contributed by atoms with E-state index in [0.29, 0.717) is 5.56 Å². The Morgan fingerprint density at radius 3 is 2.62 bits per heavy atom. The van der Waals surface area contributed by atoms with Crippen molar-refractivity contribution in [2.24, 2.45) is 0 Å².